The molecular weight excluding hydrogens is 270 g/mol. The summed E-state index contributed by atoms with van der Waals surface area (Å²) in [7, 11) is 0. The number of nitrogens with zero attached hydrogens (tertiary/aromatic N) is 1. The zero-order valence-electron chi connectivity index (χ0n) is 13.8. The van der Waals surface area contributed by atoms with Crippen LogP contribution in [0.2, 0.25) is 0 Å². The molecule has 0 aromatic rings. The number of nitrogens with one attached hydrogen (secondary N) is 1. The van der Waals surface area contributed by atoms with Crippen molar-refractivity contribution >= 4 is 11.9 Å². The molecule has 2 atom stereocenters. The summed E-state index contributed by atoms with van der Waals surface area (Å²) in [5.74, 6) is -1.40. The van der Waals surface area contributed by atoms with Gasteiger partial charge in [-0.05, 0) is 44.8 Å². The summed E-state index contributed by atoms with van der Waals surface area (Å²) in [5, 5.41) is 11.7. The number of unbranched alkanes of at least 4 members (excludes halogenated alkanes) is 1. The first-order valence-corrected chi connectivity index (χ1v) is 7.84. The van der Waals surface area contributed by atoms with Crippen molar-refractivity contribution in [3.05, 3.63) is 0 Å². The van der Waals surface area contributed by atoms with E-state index in [4.69, 9.17) is 5.73 Å². The molecule has 0 unspecified atom stereocenters. The van der Waals surface area contributed by atoms with Crippen LogP contribution in [-0.4, -0.2) is 53.6 Å². The molecule has 0 radical (unpaired) electrons. The Labute approximate surface area is 128 Å². The van der Waals surface area contributed by atoms with E-state index in [1.54, 1.807) is 0 Å². The number of aliphatic carboxylic acids is 1. The van der Waals surface area contributed by atoms with E-state index < -0.39 is 18.1 Å². The monoisotopic (exact) mass is 301 g/mol. The van der Waals surface area contributed by atoms with Crippen LogP contribution >= 0.6 is 0 Å². The number of hydrogen-bond donors (Lipinski definition) is 3. The van der Waals surface area contributed by atoms with Crippen molar-refractivity contribution in [2.75, 3.05) is 19.6 Å². The molecule has 0 aromatic heterocycles. The third-order valence-corrected chi connectivity index (χ3v) is 3.75. The minimum Gasteiger partial charge on any atom is -0.480 e. The van der Waals surface area contributed by atoms with Crippen LogP contribution in [0.1, 0.15) is 47.0 Å². The highest BCUT2D eigenvalue weighted by Crippen LogP contribution is 2.05. The average molecular weight is 301 g/mol. The van der Waals surface area contributed by atoms with Crippen LogP contribution in [0.15, 0.2) is 0 Å². The number of nitrogens with two attached hydrogens (primary N) is 1. The molecule has 0 rings (SSSR count). The molecule has 0 aliphatic heterocycles. The van der Waals surface area contributed by atoms with Gasteiger partial charge in [0.25, 0.3) is 0 Å². The Kier molecular flexibility index (Phi) is 9.99. The van der Waals surface area contributed by atoms with Crippen molar-refractivity contribution in [1.29, 1.82) is 0 Å². The Morgan fingerprint density at radius 2 is 1.76 bits per heavy atom. The lowest BCUT2D eigenvalue weighted by molar-refractivity contribution is -0.142. The number of amides is 1. The van der Waals surface area contributed by atoms with E-state index in [-0.39, 0.29) is 11.8 Å². The molecule has 0 bridgehead atoms. The van der Waals surface area contributed by atoms with E-state index in [2.05, 4.69) is 24.1 Å². The first kappa shape index (κ1) is 19.9. The van der Waals surface area contributed by atoms with E-state index in [1.807, 2.05) is 13.8 Å². The molecule has 0 heterocycles. The van der Waals surface area contributed by atoms with Crippen molar-refractivity contribution in [1.82, 2.24) is 10.2 Å². The average Bonchev–Trinajstić information content (AvgIpc) is 2.44. The second-order valence-corrected chi connectivity index (χ2v) is 5.69. The van der Waals surface area contributed by atoms with Gasteiger partial charge < -0.3 is 21.1 Å². The van der Waals surface area contributed by atoms with Crippen LogP contribution in [0.25, 0.3) is 0 Å². The Balaban J connectivity index is 4.20. The highest BCUT2D eigenvalue weighted by Gasteiger charge is 2.24. The Morgan fingerprint density at radius 3 is 2.19 bits per heavy atom. The van der Waals surface area contributed by atoms with Crippen molar-refractivity contribution < 1.29 is 14.7 Å². The SMILES string of the molecule is CCN(CC)CCCC[C@H](NC(=O)[C@@H](N)C(C)C)C(=O)O. The van der Waals surface area contributed by atoms with Gasteiger partial charge in [0.05, 0.1) is 6.04 Å². The Hall–Kier alpha value is -1.14. The molecule has 0 aliphatic carbocycles. The van der Waals surface area contributed by atoms with Gasteiger partial charge in [-0.2, -0.15) is 0 Å². The van der Waals surface area contributed by atoms with Crippen LogP contribution in [-0.2, 0) is 9.59 Å². The van der Waals surface area contributed by atoms with Gasteiger partial charge in [-0.1, -0.05) is 27.7 Å². The number of rotatable bonds is 11. The maximum Gasteiger partial charge on any atom is 0.326 e. The fraction of sp³-hybridized carbons (Fsp3) is 0.867. The standard InChI is InChI=1S/C15H31N3O3/c1-5-18(6-2)10-8-7-9-12(15(20)21)17-14(19)13(16)11(3)4/h11-13H,5-10,16H2,1-4H3,(H,17,19)(H,20,21)/t12-,13-/m0/s1. The predicted molar refractivity (Wildman–Crippen MR) is 84.0 cm³/mol. The van der Waals surface area contributed by atoms with E-state index in [0.717, 1.165) is 32.5 Å². The van der Waals surface area contributed by atoms with Crippen LogP contribution in [0, 0.1) is 5.92 Å². The molecule has 0 aliphatic rings. The molecule has 0 saturated carbocycles. The Bertz CT molecular complexity index is 317. The second kappa shape index (κ2) is 10.6. The predicted octanol–water partition coefficient (Wildman–Crippen LogP) is 1.05. The van der Waals surface area contributed by atoms with Crippen molar-refractivity contribution in [2.24, 2.45) is 11.7 Å². The van der Waals surface area contributed by atoms with Crippen molar-refractivity contribution in [3.63, 3.8) is 0 Å². The van der Waals surface area contributed by atoms with Crippen LogP contribution in [0.3, 0.4) is 0 Å². The van der Waals surface area contributed by atoms with Crippen LogP contribution < -0.4 is 11.1 Å². The first-order valence-electron chi connectivity index (χ1n) is 7.84. The second-order valence-electron chi connectivity index (χ2n) is 5.69. The Morgan fingerprint density at radius 1 is 1.19 bits per heavy atom. The summed E-state index contributed by atoms with van der Waals surface area (Å²) in [6.45, 7) is 10.8. The quantitative estimate of drug-likeness (QED) is 0.496. The molecule has 1 amide bonds. The smallest absolute Gasteiger partial charge is 0.326 e. The van der Waals surface area contributed by atoms with E-state index >= 15 is 0 Å². The van der Waals surface area contributed by atoms with Gasteiger partial charge in [-0.3, -0.25) is 4.79 Å². The van der Waals surface area contributed by atoms with Gasteiger partial charge in [-0.25, -0.2) is 4.79 Å². The maximum absolute atomic E-state index is 11.8. The zero-order chi connectivity index (χ0) is 16.4. The summed E-state index contributed by atoms with van der Waals surface area (Å²) < 4.78 is 0. The number of carbonyl (C=O) groups excluding carboxylic acids is 1. The topological polar surface area (TPSA) is 95.7 Å². The minimum atomic E-state index is -0.998. The van der Waals surface area contributed by atoms with Gasteiger partial charge in [0, 0.05) is 0 Å². The first-order chi connectivity index (χ1) is 9.83. The summed E-state index contributed by atoms with van der Waals surface area (Å²) in [6.07, 6.45) is 2.13. The van der Waals surface area contributed by atoms with E-state index in [9.17, 15) is 14.7 Å². The van der Waals surface area contributed by atoms with Gasteiger partial charge in [0.15, 0.2) is 0 Å². The normalized spacial score (nSPS) is 14.2. The minimum absolute atomic E-state index is 0.0119. The van der Waals surface area contributed by atoms with E-state index in [1.165, 1.54) is 0 Å². The van der Waals surface area contributed by atoms with Crippen molar-refractivity contribution in [2.45, 2.75) is 59.0 Å². The van der Waals surface area contributed by atoms with Gasteiger partial charge >= 0.3 is 5.97 Å². The fourth-order valence-corrected chi connectivity index (χ4v) is 2.05. The molecule has 4 N–H and O–H groups in total. The van der Waals surface area contributed by atoms with Crippen molar-refractivity contribution in [3.8, 4) is 0 Å². The molecule has 0 aromatic carbocycles. The lowest BCUT2D eigenvalue weighted by Crippen LogP contribution is -2.50. The van der Waals surface area contributed by atoms with E-state index in [0.29, 0.717) is 6.42 Å². The molecule has 0 fully saturated rings. The van der Waals surface area contributed by atoms with Gasteiger partial charge in [0.2, 0.25) is 5.91 Å². The van der Waals surface area contributed by atoms with Gasteiger partial charge in [0.1, 0.15) is 6.04 Å². The molecule has 6 nitrogen and oxygen atoms in total. The highest BCUT2D eigenvalue weighted by atomic mass is 16.4. The third-order valence-electron chi connectivity index (χ3n) is 3.75. The summed E-state index contributed by atoms with van der Waals surface area (Å²) >= 11 is 0. The zero-order valence-corrected chi connectivity index (χ0v) is 13.8. The lowest BCUT2D eigenvalue weighted by atomic mass is 10.0. The summed E-state index contributed by atoms with van der Waals surface area (Å²) in [6, 6.07) is -1.51. The number of carbonyl (C=O) groups is 2. The lowest BCUT2D eigenvalue weighted by Gasteiger charge is -2.21. The third kappa shape index (κ3) is 8.02. The van der Waals surface area contributed by atoms with Crippen LogP contribution in [0.5, 0.6) is 0 Å². The molecule has 0 spiro atoms. The molecule has 124 valence electrons. The summed E-state index contributed by atoms with van der Waals surface area (Å²) in [4.78, 5) is 25.3. The number of hydrogen-bond acceptors (Lipinski definition) is 4. The molecule has 21 heavy (non-hydrogen) atoms. The van der Waals surface area contributed by atoms with Gasteiger partial charge in [-0.15, -0.1) is 0 Å². The van der Waals surface area contributed by atoms with Crippen LogP contribution in [0.4, 0.5) is 0 Å². The number of carboxylic acids is 1. The highest BCUT2D eigenvalue weighted by molar-refractivity contribution is 5.86. The fourth-order valence-electron chi connectivity index (χ4n) is 2.05. The summed E-state index contributed by atoms with van der Waals surface area (Å²) in [5.41, 5.74) is 5.73. The largest absolute Gasteiger partial charge is 0.480 e. The number of carboxylic acid groups (broad SMARTS) is 1. The molecule has 0 saturated heterocycles. The molecule has 6 heteroatoms. The molecular formula is C15H31N3O3. The maximum atomic E-state index is 11.8.